The Kier molecular flexibility index (Phi) is 12.0. The topological polar surface area (TPSA) is 40.6 Å². The number of aromatic nitrogens is 1. The lowest BCUT2D eigenvalue weighted by atomic mass is 9.73. The average molecular weight is 921 g/mol. The van der Waals surface area contributed by atoms with Crippen LogP contribution in [0.1, 0.15) is 49.9 Å². The average Bonchev–Trinajstić information content (AvgIpc) is 3.81. The van der Waals surface area contributed by atoms with Crippen LogP contribution in [0.15, 0.2) is 249 Å². The van der Waals surface area contributed by atoms with Crippen LogP contribution in [-0.2, 0) is 10.8 Å². The maximum Gasteiger partial charge on any atom is 0.130 e. The van der Waals surface area contributed by atoms with Crippen LogP contribution >= 0.6 is 0 Å². The largest absolute Gasteiger partial charge is 0.457 e. The van der Waals surface area contributed by atoms with Gasteiger partial charge in [0.15, 0.2) is 0 Å². The van der Waals surface area contributed by atoms with E-state index in [-0.39, 0.29) is 10.8 Å². The van der Waals surface area contributed by atoms with Gasteiger partial charge in [0.2, 0.25) is 0 Å². The van der Waals surface area contributed by atoms with E-state index >= 15 is 0 Å². The number of fused-ring (bicyclic) bond motifs is 1. The number of hydrogen-bond acceptors (Lipinski definition) is 5. The number of benzene rings is 9. The third-order valence-corrected chi connectivity index (χ3v) is 14.2. The molecule has 9 aromatic carbocycles. The summed E-state index contributed by atoms with van der Waals surface area (Å²) in [6, 6.07) is 84.5. The molecule has 2 heterocycles. The second-order valence-electron chi connectivity index (χ2n) is 19.4. The van der Waals surface area contributed by atoms with Gasteiger partial charge in [-0.1, -0.05) is 191 Å². The number of para-hydroxylation sites is 1. The van der Waals surface area contributed by atoms with Crippen molar-refractivity contribution >= 4 is 34.1 Å². The van der Waals surface area contributed by atoms with Crippen LogP contribution in [0.25, 0.3) is 33.4 Å². The molecule has 0 atom stereocenters. The van der Waals surface area contributed by atoms with Gasteiger partial charge in [-0.25, -0.2) is 0 Å². The van der Waals surface area contributed by atoms with Gasteiger partial charge in [0.25, 0.3) is 0 Å². The number of anilines is 6. The Morgan fingerprint density at radius 2 is 0.986 bits per heavy atom. The Morgan fingerprint density at radius 3 is 1.63 bits per heavy atom. The molecule has 0 saturated heterocycles. The van der Waals surface area contributed by atoms with Crippen molar-refractivity contribution in [3.05, 3.63) is 271 Å². The first-order valence-electron chi connectivity index (χ1n) is 24.4. The van der Waals surface area contributed by atoms with E-state index in [1.807, 2.05) is 30.5 Å². The molecular weight excluding hydrogens is 865 g/mol. The smallest absolute Gasteiger partial charge is 0.130 e. The van der Waals surface area contributed by atoms with Gasteiger partial charge in [-0.2, -0.15) is 0 Å². The molecule has 1 N–H and O–H groups in total. The summed E-state index contributed by atoms with van der Waals surface area (Å²) in [6.07, 6.45) is 3.69. The number of ether oxygens (including phenoxy) is 1. The molecule has 0 amide bonds. The van der Waals surface area contributed by atoms with E-state index in [9.17, 15) is 0 Å². The van der Waals surface area contributed by atoms with Crippen molar-refractivity contribution < 1.29 is 4.74 Å². The van der Waals surface area contributed by atoms with Gasteiger partial charge in [-0.15, -0.1) is 0 Å². The van der Waals surface area contributed by atoms with Crippen LogP contribution in [0.4, 0.5) is 34.1 Å². The van der Waals surface area contributed by atoms with Gasteiger partial charge < -0.3 is 19.9 Å². The van der Waals surface area contributed by atoms with E-state index in [0.717, 1.165) is 67.9 Å². The first-order valence-corrected chi connectivity index (χ1v) is 24.4. The molecule has 0 fully saturated rings. The Labute approximate surface area is 418 Å². The highest BCUT2D eigenvalue weighted by Gasteiger charge is 2.34. The second-order valence-corrected chi connectivity index (χ2v) is 19.4. The summed E-state index contributed by atoms with van der Waals surface area (Å²) in [4.78, 5) is 9.32. The molecular formula is C66H56N4O. The summed E-state index contributed by atoms with van der Waals surface area (Å²) >= 11 is 0. The predicted octanol–water partition coefficient (Wildman–Crippen LogP) is 17.5. The van der Waals surface area contributed by atoms with Gasteiger partial charge in [0.05, 0.1) is 11.4 Å². The summed E-state index contributed by atoms with van der Waals surface area (Å²) in [5.41, 5.74) is 17.5. The first-order chi connectivity index (χ1) is 34.7. The molecule has 1 aliphatic heterocycles. The van der Waals surface area contributed by atoms with Gasteiger partial charge in [0, 0.05) is 69.2 Å². The monoisotopic (exact) mass is 920 g/mol. The summed E-state index contributed by atoms with van der Waals surface area (Å²) in [5, 5.41) is 3.66. The second kappa shape index (κ2) is 19.0. The van der Waals surface area contributed by atoms with Crippen molar-refractivity contribution in [3.8, 4) is 44.9 Å². The molecule has 10 aromatic rings. The number of rotatable bonds is 13. The predicted molar refractivity (Wildman–Crippen MR) is 296 cm³/mol. The van der Waals surface area contributed by atoms with Crippen molar-refractivity contribution in [3.63, 3.8) is 0 Å². The maximum absolute atomic E-state index is 6.91. The zero-order chi connectivity index (χ0) is 48.4. The zero-order valence-corrected chi connectivity index (χ0v) is 40.6. The summed E-state index contributed by atoms with van der Waals surface area (Å²) in [5.74, 6) is 1.47. The van der Waals surface area contributed by atoms with Crippen molar-refractivity contribution in [2.24, 2.45) is 0 Å². The third kappa shape index (κ3) is 9.18. The molecule has 1 aromatic heterocycles. The number of hydrogen-bond donors (Lipinski definition) is 1. The van der Waals surface area contributed by atoms with Crippen LogP contribution in [0.3, 0.4) is 0 Å². The lowest BCUT2D eigenvalue weighted by Gasteiger charge is -2.33. The van der Waals surface area contributed by atoms with Crippen LogP contribution in [-0.4, -0.2) is 11.7 Å². The molecule has 5 heteroatoms. The third-order valence-electron chi connectivity index (χ3n) is 14.2. The van der Waals surface area contributed by atoms with Crippen molar-refractivity contribution in [2.75, 3.05) is 21.8 Å². The molecule has 0 radical (unpaired) electrons. The molecule has 5 nitrogen and oxygen atoms in total. The van der Waals surface area contributed by atoms with Gasteiger partial charge in [-0.05, 0) is 105 Å². The molecule has 11 rings (SSSR count). The first kappa shape index (κ1) is 44.8. The minimum absolute atomic E-state index is 0.279. The molecule has 0 unspecified atom stereocenters. The molecule has 0 spiro atoms. The number of nitrogens with one attached hydrogen (secondary N) is 1. The fourth-order valence-electron chi connectivity index (χ4n) is 9.94. The van der Waals surface area contributed by atoms with Crippen LogP contribution in [0, 0.1) is 0 Å². The Bertz CT molecular complexity index is 3380. The quantitative estimate of drug-likeness (QED) is 0.125. The molecule has 1 aliphatic rings. The fraction of sp³-hybridized carbons (Fsp3) is 0.106. The summed E-state index contributed by atoms with van der Waals surface area (Å²) in [7, 11) is 0. The van der Waals surface area contributed by atoms with E-state index in [1.54, 1.807) is 6.20 Å². The standard InChI is InChI=1S/C66H56N4O/c1-65(2,52-26-13-7-14-27-52)54-40-55(66(3,4)53-28-15-8-16-29-53)42-58(41-54)70-46-69(63-35-34-49(39-64(63)70)47-21-9-5-10-22-47)57-37-51(48-23-11-6-12-24-48)38-60(44-57)71-59-31-19-30-56(43-59)68-62-33-18-17-32-61(62)50-25-20-36-67-45-50/h5-45,68H,46H2,1-4H3. The Hall–Kier alpha value is -8.67. The van der Waals surface area contributed by atoms with Crippen LogP contribution < -0.4 is 19.9 Å². The Morgan fingerprint density at radius 1 is 0.408 bits per heavy atom. The normalized spacial score (nSPS) is 12.4. The van der Waals surface area contributed by atoms with Gasteiger partial charge in [-0.3, -0.25) is 4.98 Å². The SMILES string of the molecule is CC(C)(c1ccccc1)c1cc(N2CN(c3cc(Oc4cccc(Nc5ccccc5-c5cccnc5)c4)cc(-c4ccccc4)c3)c3ccc(-c4ccccc4)cc32)cc(C(C)(C)c2ccccc2)c1. The highest BCUT2D eigenvalue weighted by molar-refractivity contribution is 5.91. The lowest BCUT2D eigenvalue weighted by Crippen LogP contribution is -2.27. The van der Waals surface area contributed by atoms with Crippen LogP contribution in [0.2, 0.25) is 0 Å². The molecule has 0 aliphatic carbocycles. The van der Waals surface area contributed by atoms with Crippen molar-refractivity contribution in [1.82, 2.24) is 4.98 Å². The lowest BCUT2D eigenvalue weighted by molar-refractivity contribution is 0.483. The van der Waals surface area contributed by atoms with E-state index in [0.29, 0.717) is 6.67 Å². The van der Waals surface area contributed by atoms with E-state index in [1.165, 1.54) is 33.4 Å². The molecule has 346 valence electrons. The van der Waals surface area contributed by atoms with Crippen LogP contribution in [0.5, 0.6) is 11.5 Å². The van der Waals surface area contributed by atoms with E-state index in [2.05, 4.69) is 260 Å². The summed E-state index contributed by atoms with van der Waals surface area (Å²) in [6.45, 7) is 9.98. The van der Waals surface area contributed by atoms with E-state index < -0.39 is 0 Å². The maximum atomic E-state index is 6.91. The van der Waals surface area contributed by atoms with E-state index in [4.69, 9.17) is 4.74 Å². The molecule has 71 heavy (non-hydrogen) atoms. The zero-order valence-electron chi connectivity index (χ0n) is 40.6. The fourth-order valence-corrected chi connectivity index (χ4v) is 9.94. The molecule has 0 bridgehead atoms. The minimum atomic E-state index is -0.279. The highest BCUT2D eigenvalue weighted by atomic mass is 16.5. The Balaban J connectivity index is 1.02. The number of pyridine rings is 1. The minimum Gasteiger partial charge on any atom is -0.457 e. The van der Waals surface area contributed by atoms with Crippen molar-refractivity contribution in [1.29, 1.82) is 0 Å². The van der Waals surface area contributed by atoms with Gasteiger partial charge in [0.1, 0.15) is 18.2 Å². The highest BCUT2D eigenvalue weighted by Crippen LogP contribution is 2.50. The summed E-state index contributed by atoms with van der Waals surface area (Å²) < 4.78 is 6.91. The van der Waals surface area contributed by atoms with Crippen molar-refractivity contribution in [2.45, 2.75) is 38.5 Å². The number of nitrogens with zero attached hydrogens (tertiary/aromatic N) is 3. The van der Waals surface area contributed by atoms with Gasteiger partial charge >= 0.3 is 0 Å². The molecule has 0 saturated carbocycles.